The van der Waals surface area contributed by atoms with Crippen molar-refractivity contribution >= 4 is 51.4 Å². The number of fused-ring (bicyclic) bond motifs is 6. The quantitative estimate of drug-likeness (QED) is 0.108. The van der Waals surface area contributed by atoms with Crippen molar-refractivity contribution in [3.8, 4) is 28.0 Å². The van der Waals surface area contributed by atoms with Crippen LogP contribution in [0.15, 0.2) is 278 Å². The predicted molar refractivity (Wildman–Crippen MR) is 346 cm³/mol. The SMILES string of the molecule is CC1=CC(=Cc2cc(C)c(O)c(C)c2)C=C(C)C1=O.Cc1cc([N+](=O)[O-])cc([N+](=O)[O-])c1NN(c1ccccc1)c1ccccc1.c1ccc(C(=C2c3ccccc3-c3ccccc32)C2c3ccccc3-c3ccccc32)cc1.c1ccccc1. The van der Waals surface area contributed by atoms with E-state index in [1.54, 1.807) is 11.9 Å². The van der Waals surface area contributed by atoms with Gasteiger partial charge >= 0.3 is 5.69 Å². The van der Waals surface area contributed by atoms with Crippen molar-refractivity contribution in [1.29, 1.82) is 0 Å². The van der Waals surface area contributed by atoms with Crippen LogP contribution >= 0.6 is 0 Å². The lowest BCUT2D eigenvalue weighted by atomic mass is 9.80. The van der Waals surface area contributed by atoms with Gasteiger partial charge in [-0.05, 0) is 189 Å². The molecule has 10 aromatic rings. The lowest BCUT2D eigenvalue weighted by Crippen LogP contribution is -2.25. The molecule has 0 aromatic heterocycles. The number of phenolic OH excluding ortho intramolecular Hbond substituents is 1. The molecule has 10 aromatic carbocycles. The Labute approximate surface area is 495 Å². The smallest absolute Gasteiger partial charge is 0.301 e. The van der Waals surface area contributed by atoms with Gasteiger partial charge in [0.2, 0.25) is 0 Å². The number of nitrogens with one attached hydrogen (secondary N) is 1. The molecule has 3 aliphatic rings. The molecule has 0 saturated carbocycles. The van der Waals surface area contributed by atoms with Crippen LogP contribution in [0, 0.1) is 41.0 Å². The molecule has 0 aliphatic heterocycles. The number of hydrazine groups is 1. The van der Waals surface area contributed by atoms with E-state index in [0.29, 0.717) is 11.3 Å². The highest BCUT2D eigenvalue weighted by atomic mass is 16.6. The molecule has 0 bridgehead atoms. The fourth-order valence-corrected chi connectivity index (χ4v) is 11.3. The second kappa shape index (κ2) is 25.9. The number of carbonyl (C=O) groups is 1. The summed E-state index contributed by atoms with van der Waals surface area (Å²) in [6.45, 7) is 9.03. The first-order valence-electron chi connectivity index (χ1n) is 28.0. The molecular weight excluding hydrogens is 1050 g/mol. The summed E-state index contributed by atoms with van der Waals surface area (Å²) in [6, 6.07) is 83.3. The van der Waals surface area contributed by atoms with Gasteiger partial charge in [0.15, 0.2) is 5.78 Å². The van der Waals surface area contributed by atoms with E-state index in [-0.39, 0.29) is 28.8 Å². The largest absolute Gasteiger partial charge is 0.507 e. The number of hydrogen-bond donors (Lipinski definition) is 2. The fourth-order valence-electron chi connectivity index (χ4n) is 11.3. The minimum atomic E-state index is -0.643. The topological polar surface area (TPSA) is 139 Å². The zero-order valence-electron chi connectivity index (χ0n) is 47.8. The summed E-state index contributed by atoms with van der Waals surface area (Å²) < 4.78 is 0. The number of para-hydroxylation sites is 2. The number of phenols is 1. The van der Waals surface area contributed by atoms with E-state index in [9.17, 15) is 30.1 Å². The predicted octanol–water partition coefficient (Wildman–Crippen LogP) is 19.0. The van der Waals surface area contributed by atoms with Crippen LogP contribution in [0.1, 0.15) is 69.8 Å². The first-order valence-corrected chi connectivity index (χ1v) is 28.0. The highest BCUT2D eigenvalue weighted by Crippen LogP contribution is 2.56. The summed E-state index contributed by atoms with van der Waals surface area (Å²) in [4.78, 5) is 33.0. The number of hydrogen-bond acceptors (Lipinski definition) is 8. The molecule has 0 heterocycles. The van der Waals surface area contributed by atoms with E-state index >= 15 is 0 Å². The maximum Gasteiger partial charge on any atom is 0.301 e. The molecule has 0 radical (unpaired) electrons. The first kappa shape index (κ1) is 57.3. The number of carbonyl (C=O) groups excluding carboxylic acids is 1. The maximum absolute atomic E-state index is 11.7. The van der Waals surface area contributed by atoms with E-state index in [0.717, 1.165) is 50.9 Å². The van der Waals surface area contributed by atoms with E-state index in [1.807, 2.05) is 155 Å². The van der Waals surface area contributed by atoms with Gasteiger partial charge in [0, 0.05) is 12.0 Å². The molecule has 10 nitrogen and oxygen atoms in total. The Balaban J connectivity index is 0.000000139. The van der Waals surface area contributed by atoms with E-state index in [2.05, 4.69) is 133 Å². The highest BCUT2D eigenvalue weighted by molar-refractivity contribution is 6.13. The third-order valence-electron chi connectivity index (χ3n) is 15.1. The van der Waals surface area contributed by atoms with Crippen LogP contribution in [0.3, 0.4) is 0 Å². The summed E-state index contributed by atoms with van der Waals surface area (Å²) in [7, 11) is 0. The van der Waals surface area contributed by atoms with Crippen molar-refractivity contribution in [2.75, 3.05) is 10.4 Å². The minimum absolute atomic E-state index is 0.107. The van der Waals surface area contributed by atoms with E-state index < -0.39 is 9.85 Å². The number of nitro groups is 2. The molecule has 85 heavy (non-hydrogen) atoms. The fraction of sp³-hybridized carbons (Fsp3) is 0.0800. The Morgan fingerprint density at radius 2 is 0.882 bits per heavy atom. The van der Waals surface area contributed by atoms with Crippen LogP contribution in [0.2, 0.25) is 0 Å². The van der Waals surface area contributed by atoms with Gasteiger partial charge < -0.3 is 5.11 Å². The number of Topliss-reactive ketones (excluding diaryl/α,β-unsaturated/α-hetero) is 1. The number of aryl methyl sites for hydroxylation is 3. The number of rotatable bonds is 9. The zero-order valence-corrected chi connectivity index (χ0v) is 47.8. The summed E-state index contributed by atoms with van der Waals surface area (Å²) >= 11 is 0. The maximum atomic E-state index is 11.7. The zero-order chi connectivity index (χ0) is 59.6. The molecule has 0 spiro atoms. The molecule has 0 fully saturated rings. The van der Waals surface area contributed by atoms with Gasteiger partial charge in [0.25, 0.3) is 5.69 Å². The van der Waals surface area contributed by atoms with Crippen molar-refractivity contribution in [3.05, 3.63) is 348 Å². The normalized spacial score (nSPS) is 12.4. The number of non-ortho nitro benzene ring substituents is 1. The average molecular weight is 1120 g/mol. The summed E-state index contributed by atoms with van der Waals surface area (Å²) in [5, 5.41) is 34.0. The molecule has 0 unspecified atom stereocenters. The van der Waals surface area contributed by atoms with Crippen molar-refractivity contribution in [1.82, 2.24) is 0 Å². The number of ketones is 1. The lowest BCUT2D eigenvalue weighted by molar-refractivity contribution is -0.393. The number of aromatic hydroxyl groups is 1. The van der Waals surface area contributed by atoms with Gasteiger partial charge in [0.1, 0.15) is 11.4 Å². The van der Waals surface area contributed by atoms with Gasteiger partial charge in [0.05, 0.1) is 27.3 Å². The summed E-state index contributed by atoms with van der Waals surface area (Å²) in [5.74, 6) is 0.642. The number of benzene rings is 10. The standard InChI is InChI=1S/C33H22.C19H16N4O4.C17H18O2.C6H6/c1-2-12-22(13-3-1)31(32-27-18-8-4-14-23(27)24-15-5-9-19-28(24)32)33-29-20-10-6-16-25(29)26-17-7-11-21-30(26)33;1-14-12-17(22(24)25)13-18(23(26)27)19(14)20-21(15-8-4-2-5-9-15)16-10-6-3-7-11-16;1-10-5-14(6-11(2)16(10)18)9-15-7-12(3)17(19)13(4)8-15;1-2-4-6-5-3-1/h1-21,32H;2-13,20H,1H3;5-9,18H,1-4H3;1-6H. The van der Waals surface area contributed by atoms with Gasteiger partial charge in [-0.15, -0.1) is 0 Å². The van der Waals surface area contributed by atoms with Crippen molar-refractivity contribution < 1.29 is 19.7 Å². The minimum Gasteiger partial charge on any atom is -0.507 e. The Morgan fingerprint density at radius 1 is 0.482 bits per heavy atom. The Morgan fingerprint density at radius 3 is 1.33 bits per heavy atom. The molecule has 0 amide bonds. The first-order chi connectivity index (χ1) is 41.3. The number of anilines is 3. The molecular formula is C75H62N4O6. The van der Waals surface area contributed by atoms with Crippen LogP contribution in [0.4, 0.5) is 28.4 Å². The molecule has 2 N–H and O–H groups in total. The van der Waals surface area contributed by atoms with Crippen LogP contribution in [-0.4, -0.2) is 20.7 Å². The molecule has 418 valence electrons. The van der Waals surface area contributed by atoms with Gasteiger partial charge in [-0.3, -0.25) is 35.5 Å². The van der Waals surface area contributed by atoms with E-state index in [4.69, 9.17) is 0 Å². The second-order valence-corrected chi connectivity index (χ2v) is 20.9. The molecule has 0 saturated heterocycles. The summed E-state index contributed by atoms with van der Waals surface area (Å²) in [5.41, 5.74) is 24.6. The monoisotopic (exact) mass is 1110 g/mol. The lowest BCUT2D eigenvalue weighted by Gasteiger charge is -2.27. The Bertz CT molecular complexity index is 4040. The molecule has 10 heteroatoms. The Hall–Kier alpha value is -11.0. The van der Waals surface area contributed by atoms with Crippen molar-refractivity contribution in [2.24, 2.45) is 0 Å². The Kier molecular flexibility index (Phi) is 17.4. The van der Waals surface area contributed by atoms with E-state index in [1.165, 1.54) is 67.3 Å². The number of nitrogens with zero attached hydrogens (tertiary/aromatic N) is 3. The van der Waals surface area contributed by atoms with Crippen LogP contribution in [-0.2, 0) is 4.79 Å². The summed E-state index contributed by atoms with van der Waals surface area (Å²) in [6.07, 6.45) is 5.82. The highest BCUT2D eigenvalue weighted by Gasteiger charge is 2.36. The van der Waals surface area contributed by atoms with Crippen LogP contribution in [0.5, 0.6) is 5.75 Å². The third kappa shape index (κ3) is 12.6. The van der Waals surface area contributed by atoms with Crippen LogP contribution < -0.4 is 10.4 Å². The molecule has 0 atom stereocenters. The van der Waals surface area contributed by atoms with Crippen molar-refractivity contribution in [3.63, 3.8) is 0 Å². The third-order valence-corrected chi connectivity index (χ3v) is 15.1. The van der Waals surface area contributed by atoms with Gasteiger partial charge in [-0.25, -0.2) is 0 Å². The molecule has 13 rings (SSSR count). The van der Waals surface area contributed by atoms with Gasteiger partial charge in [-0.1, -0.05) is 200 Å². The average Bonchev–Trinajstić information content (AvgIpc) is 1.83. The number of allylic oxidation sites excluding steroid dienone is 6. The van der Waals surface area contributed by atoms with Crippen molar-refractivity contribution in [2.45, 2.75) is 40.5 Å². The second-order valence-electron chi connectivity index (χ2n) is 20.9. The number of nitro benzene ring substituents is 2. The van der Waals surface area contributed by atoms with Crippen LogP contribution in [0.25, 0.3) is 39.5 Å². The molecule has 3 aliphatic carbocycles. The van der Waals surface area contributed by atoms with Gasteiger partial charge in [-0.2, -0.15) is 0 Å².